The van der Waals surface area contributed by atoms with Gasteiger partial charge in [0.1, 0.15) is 71.3 Å². The number of nitrogen functional groups attached to an aromatic ring is 2. The number of nitrogens with zero attached hydrogens (tertiary/aromatic N) is 7. The van der Waals surface area contributed by atoms with Gasteiger partial charge in [0.2, 0.25) is 0 Å². The van der Waals surface area contributed by atoms with Gasteiger partial charge in [-0.3, -0.25) is 4.90 Å². The molecule has 310 valence electrons. The summed E-state index contributed by atoms with van der Waals surface area (Å²) in [5, 5.41) is 13.3. The third kappa shape index (κ3) is 7.05. The maximum Gasteiger partial charge on any atom is 0.420 e. The lowest BCUT2D eigenvalue weighted by Crippen LogP contribution is -2.43. The molecule has 0 radical (unpaired) electrons. The zero-order valence-corrected chi connectivity index (χ0v) is 32.8. The SMILES string of the molecule is CCON=C(C)CC[C@H](c1cccnc1N)N1CCOc2c(C(F)(F)F)c(-c3ccc(F)c4sc(N)c(C#N)c34)c(F)c3nc(OC[C@@]45CCCN4C[C@H](F)C5)nc1c23. The van der Waals surface area contributed by atoms with Crippen molar-refractivity contribution in [3.8, 4) is 29.0 Å². The highest BCUT2D eigenvalue weighted by Gasteiger charge is 2.50. The van der Waals surface area contributed by atoms with Crippen LogP contribution in [0.3, 0.4) is 0 Å². The summed E-state index contributed by atoms with van der Waals surface area (Å²) >= 11 is 0.661. The highest BCUT2D eigenvalue weighted by Crippen LogP contribution is 2.54. The molecule has 4 N–H and O–H groups in total. The number of aromatic nitrogens is 3. The first kappa shape index (κ1) is 40.2. The number of rotatable bonds is 11. The van der Waals surface area contributed by atoms with Crippen LogP contribution in [0.15, 0.2) is 35.6 Å². The van der Waals surface area contributed by atoms with Crippen molar-refractivity contribution in [1.29, 1.82) is 5.26 Å². The fourth-order valence-corrected chi connectivity index (χ4v) is 9.72. The monoisotopic (exact) mass is 839 g/mol. The Morgan fingerprint density at radius 2 is 2.00 bits per heavy atom. The van der Waals surface area contributed by atoms with Crippen LogP contribution in [0.1, 0.15) is 68.7 Å². The highest BCUT2D eigenvalue weighted by molar-refractivity contribution is 7.23. The molecule has 0 saturated carbocycles. The molecular weight excluding hydrogens is 801 g/mol. The fraction of sp³-hybridized carbons (Fsp3) is 0.425. The molecule has 19 heteroatoms. The van der Waals surface area contributed by atoms with Crippen molar-refractivity contribution in [1.82, 2.24) is 19.9 Å². The predicted octanol–water partition coefficient (Wildman–Crippen LogP) is 8.33. The summed E-state index contributed by atoms with van der Waals surface area (Å²) in [5.41, 5.74) is 9.08. The number of thiophene rings is 1. The maximum absolute atomic E-state index is 17.7. The van der Waals surface area contributed by atoms with Gasteiger partial charge in [-0.1, -0.05) is 17.3 Å². The highest BCUT2D eigenvalue weighted by atomic mass is 32.1. The Balaban J connectivity index is 1.40. The molecule has 2 aromatic carbocycles. The normalized spacial score (nSPS) is 20.1. The van der Waals surface area contributed by atoms with Crippen LogP contribution in [-0.4, -0.2) is 76.7 Å². The number of ether oxygens (including phenoxy) is 2. The van der Waals surface area contributed by atoms with Gasteiger partial charge in [0.15, 0.2) is 5.82 Å². The molecule has 0 aliphatic carbocycles. The number of fused-ring (bicyclic) bond motifs is 2. The zero-order valence-electron chi connectivity index (χ0n) is 32.0. The van der Waals surface area contributed by atoms with Gasteiger partial charge in [-0.25, -0.2) is 18.2 Å². The molecule has 0 bridgehead atoms. The molecule has 2 saturated heterocycles. The lowest BCUT2D eigenvalue weighted by molar-refractivity contribution is -0.138. The summed E-state index contributed by atoms with van der Waals surface area (Å²) in [6.45, 7) is 4.28. The number of halogens is 6. The molecule has 59 heavy (non-hydrogen) atoms. The van der Waals surface area contributed by atoms with E-state index in [0.29, 0.717) is 48.6 Å². The Morgan fingerprint density at radius 1 is 1.19 bits per heavy atom. The summed E-state index contributed by atoms with van der Waals surface area (Å²) in [6, 6.07) is 6.01. The third-order valence-corrected chi connectivity index (χ3v) is 12.3. The zero-order chi connectivity index (χ0) is 41.8. The maximum atomic E-state index is 17.7. The Labute approximate surface area is 338 Å². The number of alkyl halides is 4. The Kier molecular flexibility index (Phi) is 10.6. The molecule has 8 rings (SSSR count). The summed E-state index contributed by atoms with van der Waals surface area (Å²) in [7, 11) is 0. The van der Waals surface area contributed by atoms with Crippen molar-refractivity contribution in [2.75, 3.05) is 55.8 Å². The lowest BCUT2D eigenvalue weighted by Gasteiger charge is -2.33. The third-order valence-electron chi connectivity index (χ3n) is 11.3. The van der Waals surface area contributed by atoms with Crippen LogP contribution < -0.4 is 25.8 Å². The second-order valence-electron chi connectivity index (χ2n) is 14.9. The topological polar surface area (TPSA) is 161 Å². The molecule has 2 fully saturated rings. The molecule has 0 spiro atoms. The van der Waals surface area contributed by atoms with E-state index in [1.807, 2.05) is 11.0 Å². The Morgan fingerprint density at radius 3 is 2.75 bits per heavy atom. The molecule has 12 nitrogen and oxygen atoms in total. The van der Waals surface area contributed by atoms with E-state index >= 15 is 22.0 Å². The second kappa shape index (κ2) is 15.5. The van der Waals surface area contributed by atoms with Gasteiger partial charge in [-0.2, -0.15) is 28.4 Å². The van der Waals surface area contributed by atoms with Gasteiger partial charge < -0.3 is 30.7 Å². The molecule has 0 amide bonds. The Bertz CT molecular complexity index is 2530. The van der Waals surface area contributed by atoms with Crippen LogP contribution in [0.2, 0.25) is 0 Å². The van der Waals surface area contributed by atoms with Crippen LogP contribution >= 0.6 is 11.3 Å². The van der Waals surface area contributed by atoms with E-state index in [1.165, 1.54) is 6.20 Å². The van der Waals surface area contributed by atoms with Gasteiger partial charge >= 0.3 is 12.2 Å². The molecule has 3 aromatic heterocycles. The largest absolute Gasteiger partial charge is 0.490 e. The van der Waals surface area contributed by atoms with Crippen LogP contribution in [0.25, 0.3) is 32.1 Å². The van der Waals surface area contributed by atoms with Crippen molar-refractivity contribution in [2.24, 2.45) is 5.16 Å². The van der Waals surface area contributed by atoms with Crippen LogP contribution in [-0.2, 0) is 11.0 Å². The van der Waals surface area contributed by atoms with Gasteiger partial charge in [0, 0.05) is 35.7 Å². The first-order chi connectivity index (χ1) is 28.3. The number of anilines is 3. The van der Waals surface area contributed by atoms with Crippen molar-refractivity contribution < 1.29 is 40.7 Å². The minimum Gasteiger partial charge on any atom is -0.490 e. The average molecular weight is 840 g/mol. The van der Waals surface area contributed by atoms with Gasteiger partial charge in [-0.15, -0.1) is 11.3 Å². The van der Waals surface area contributed by atoms with E-state index in [4.69, 9.17) is 30.8 Å². The number of nitriles is 1. The minimum atomic E-state index is -5.27. The average Bonchev–Trinajstić information content (AvgIpc) is 3.80. The van der Waals surface area contributed by atoms with Crippen molar-refractivity contribution in [3.05, 3.63) is 58.8 Å². The molecule has 3 atom stereocenters. The van der Waals surface area contributed by atoms with Gasteiger partial charge in [0.05, 0.1) is 39.5 Å². The molecule has 6 heterocycles. The summed E-state index contributed by atoms with van der Waals surface area (Å²) in [4.78, 5) is 22.4. The van der Waals surface area contributed by atoms with E-state index in [9.17, 15) is 9.65 Å². The fourth-order valence-electron chi connectivity index (χ4n) is 8.77. The van der Waals surface area contributed by atoms with E-state index in [-0.39, 0.29) is 77.4 Å². The smallest absolute Gasteiger partial charge is 0.420 e. The standard InChI is InChI=1S/C40H39F6N9O3S/c1-3-58-53-20(2)7-10-26(22-6-4-12-50-35(22)48)55-14-15-56-33-29-32(51-38(52-37(29)55)57-19-39-11-5-13-54(39)18-21(41)16-39)31(43)28(30(33)40(44,45)46)23-8-9-25(42)34-27(23)24(17-47)36(49)59-34/h4,6,8-9,12,21,26H,3,5,7,10-11,13-16,18-19,49H2,1-2H3,(H2,48,50)/t21-,26-,39+/m1/s1. The lowest BCUT2D eigenvalue weighted by atomic mass is 9.91. The number of nitrogens with two attached hydrogens (primary N) is 2. The predicted molar refractivity (Wildman–Crippen MR) is 211 cm³/mol. The number of oxime groups is 1. The molecule has 5 aromatic rings. The summed E-state index contributed by atoms with van der Waals surface area (Å²) in [6.07, 6.45) is -2.61. The first-order valence-corrected chi connectivity index (χ1v) is 19.9. The van der Waals surface area contributed by atoms with Gasteiger partial charge in [-0.05, 0) is 63.8 Å². The number of benzene rings is 2. The van der Waals surface area contributed by atoms with Gasteiger partial charge in [0.25, 0.3) is 0 Å². The number of pyridine rings is 1. The molecular formula is C40H39F6N9O3S. The number of hydrogen-bond donors (Lipinski definition) is 2. The quantitative estimate of drug-likeness (QED) is 0.0748. The van der Waals surface area contributed by atoms with E-state index in [1.54, 1.807) is 30.9 Å². The van der Waals surface area contributed by atoms with E-state index in [2.05, 4.69) is 15.1 Å². The van der Waals surface area contributed by atoms with Crippen molar-refractivity contribution in [2.45, 2.75) is 69.9 Å². The van der Waals surface area contributed by atoms with Crippen LogP contribution in [0.5, 0.6) is 11.8 Å². The van der Waals surface area contributed by atoms with Crippen molar-refractivity contribution >= 4 is 54.7 Å². The van der Waals surface area contributed by atoms with E-state index < -0.39 is 68.9 Å². The Hall–Kier alpha value is -5.61. The molecule has 3 aliphatic rings. The summed E-state index contributed by atoms with van der Waals surface area (Å²) in [5.74, 6) is -3.06. The second-order valence-corrected chi connectivity index (χ2v) is 15.9. The van der Waals surface area contributed by atoms with Crippen LogP contribution in [0.4, 0.5) is 43.0 Å². The molecule has 3 aliphatic heterocycles. The number of hydrogen-bond acceptors (Lipinski definition) is 13. The van der Waals surface area contributed by atoms with Crippen molar-refractivity contribution in [3.63, 3.8) is 0 Å². The van der Waals surface area contributed by atoms with E-state index in [0.717, 1.165) is 18.6 Å². The van der Waals surface area contributed by atoms with Crippen LogP contribution in [0, 0.1) is 23.0 Å². The molecule has 0 unspecified atom stereocenters. The summed E-state index contributed by atoms with van der Waals surface area (Å²) < 4.78 is 107. The minimum absolute atomic E-state index is 0.0683. The first-order valence-electron chi connectivity index (χ1n) is 19.1.